The average molecular weight is 456 g/mol. The highest BCUT2D eigenvalue weighted by atomic mass is 32.2. The number of nitrogens with zero attached hydrogens (tertiary/aromatic N) is 1. The van der Waals surface area contributed by atoms with Crippen LogP contribution in [0.15, 0.2) is 59.0 Å². The summed E-state index contributed by atoms with van der Waals surface area (Å²) in [5, 5.41) is 0. The SMILES string of the molecule is COc1cccc(-c2nc(CS(=O)(=O)CC(=O)CC(C)CCc3ccccc3)c(C)o2)c1. The molecule has 7 heteroatoms. The van der Waals surface area contributed by atoms with E-state index in [2.05, 4.69) is 17.1 Å². The summed E-state index contributed by atoms with van der Waals surface area (Å²) < 4.78 is 36.2. The lowest BCUT2D eigenvalue weighted by atomic mass is 9.97. The molecular weight excluding hydrogens is 426 g/mol. The van der Waals surface area contributed by atoms with Gasteiger partial charge in [0.15, 0.2) is 9.84 Å². The molecule has 0 N–H and O–H groups in total. The molecular formula is C25H29NO5S. The first-order valence-electron chi connectivity index (χ1n) is 10.6. The second-order valence-electron chi connectivity index (χ2n) is 8.16. The summed E-state index contributed by atoms with van der Waals surface area (Å²) >= 11 is 0. The molecule has 0 spiro atoms. The molecule has 1 atom stereocenters. The van der Waals surface area contributed by atoms with Crippen LogP contribution in [0.2, 0.25) is 0 Å². The lowest BCUT2D eigenvalue weighted by molar-refractivity contribution is -0.117. The summed E-state index contributed by atoms with van der Waals surface area (Å²) in [7, 11) is -2.08. The van der Waals surface area contributed by atoms with Gasteiger partial charge in [0.2, 0.25) is 5.89 Å². The van der Waals surface area contributed by atoms with Crippen molar-refractivity contribution in [2.24, 2.45) is 5.92 Å². The van der Waals surface area contributed by atoms with E-state index in [9.17, 15) is 13.2 Å². The minimum Gasteiger partial charge on any atom is -0.497 e. The molecule has 1 unspecified atom stereocenters. The summed E-state index contributed by atoms with van der Waals surface area (Å²) in [4.78, 5) is 16.8. The van der Waals surface area contributed by atoms with Crippen LogP contribution in [0.1, 0.15) is 36.8 Å². The Morgan fingerprint density at radius 2 is 1.88 bits per heavy atom. The number of rotatable bonds is 11. The maximum Gasteiger partial charge on any atom is 0.226 e. The number of hydrogen-bond acceptors (Lipinski definition) is 6. The Morgan fingerprint density at radius 1 is 1.12 bits per heavy atom. The van der Waals surface area contributed by atoms with Gasteiger partial charge in [-0.05, 0) is 49.4 Å². The molecule has 2 aromatic carbocycles. The zero-order valence-corrected chi connectivity index (χ0v) is 19.5. The van der Waals surface area contributed by atoms with E-state index in [-0.39, 0.29) is 23.9 Å². The summed E-state index contributed by atoms with van der Waals surface area (Å²) in [6.45, 7) is 3.66. The van der Waals surface area contributed by atoms with Crippen LogP contribution in [-0.2, 0) is 26.8 Å². The Morgan fingerprint density at radius 3 is 2.59 bits per heavy atom. The Labute approximate surface area is 189 Å². The highest BCUT2D eigenvalue weighted by Gasteiger charge is 2.23. The maximum atomic E-state index is 12.6. The molecule has 0 fully saturated rings. The van der Waals surface area contributed by atoms with E-state index in [0.29, 0.717) is 28.7 Å². The van der Waals surface area contributed by atoms with Gasteiger partial charge in [-0.3, -0.25) is 4.79 Å². The van der Waals surface area contributed by atoms with Crippen LogP contribution in [0, 0.1) is 12.8 Å². The number of ether oxygens (including phenoxy) is 1. The summed E-state index contributed by atoms with van der Waals surface area (Å²) in [6.07, 6.45) is 1.95. The van der Waals surface area contributed by atoms with Crippen LogP contribution in [0.25, 0.3) is 11.5 Å². The molecule has 0 bridgehead atoms. The summed E-state index contributed by atoms with van der Waals surface area (Å²) in [5.41, 5.74) is 2.24. The predicted octanol–water partition coefficient (Wildman–Crippen LogP) is 4.80. The molecule has 3 aromatic rings. The second-order valence-corrected chi connectivity index (χ2v) is 10.2. The Bertz CT molecular complexity index is 1150. The standard InChI is InChI=1S/C25H29NO5S/c1-18(12-13-20-8-5-4-6-9-20)14-22(27)16-32(28,29)17-24-19(2)31-25(26-24)21-10-7-11-23(15-21)30-3/h4-11,15,18H,12-14,16-17H2,1-3H3. The number of benzene rings is 2. The smallest absolute Gasteiger partial charge is 0.226 e. The zero-order valence-electron chi connectivity index (χ0n) is 18.7. The van der Waals surface area contributed by atoms with Gasteiger partial charge in [-0.1, -0.05) is 43.3 Å². The molecule has 0 saturated heterocycles. The van der Waals surface area contributed by atoms with Crippen LogP contribution in [-0.4, -0.2) is 32.0 Å². The van der Waals surface area contributed by atoms with Gasteiger partial charge < -0.3 is 9.15 Å². The maximum absolute atomic E-state index is 12.6. The Balaban J connectivity index is 1.57. The lowest BCUT2D eigenvalue weighted by Crippen LogP contribution is -2.20. The molecule has 0 saturated carbocycles. The van der Waals surface area contributed by atoms with E-state index in [4.69, 9.17) is 9.15 Å². The molecule has 1 heterocycles. The third-order valence-electron chi connectivity index (χ3n) is 5.29. The van der Waals surface area contributed by atoms with Crippen molar-refractivity contribution in [1.82, 2.24) is 4.98 Å². The Kier molecular flexibility index (Phi) is 7.85. The molecule has 170 valence electrons. The predicted molar refractivity (Wildman–Crippen MR) is 124 cm³/mol. The Hall–Kier alpha value is -2.93. The van der Waals surface area contributed by atoms with Crippen LogP contribution >= 0.6 is 0 Å². The normalized spacial score (nSPS) is 12.5. The number of oxazole rings is 1. The van der Waals surface area contributed by atoms with E-state index in [1.54, 1.807) is 26.2 Å². The van der Waals surface area contributed by atoms with E-state index < -0.39 is 15.6 Å². The monoisotopic (exact) mass is 455 g/mol. The van der Waals surface area contributed by atoms with Gasteiger partial charge in [-0.15, -0.1) is 0 Å². The van der Waals surface area contributed by atoms with Gasteiger partial charge in [-0.25, -0.2) is 13.4 Å². The molecule has 0 aliphatic heterocycles. The van der Waals surface area contributed by atoms with E-state index >= 15 is 0 Å². The molecule has 6 nitrogen and oxygen atoms in total. The number of hydrogen-bond donors (Lipinski definition) is 0. The lowest BCUT2D eigenvalue weighted by Gasteiger charge is -2.10. The van der Waals surface area contributed by atoms with Crippen molar-refractivity contribution in [3.63, 3.8) is 0 Å². The van der Waals surface area contributed by atoms with Crippen LogP contribution in [0.4, 0.5) is 0 Å². The fraction of sp³-hybridized carbons (Fsp3) is 0.360. The number of aromatic nitrogens is 1. The van der Waals surface area contributed by atoms with Crippen LogP contribution in [0.3, 0.4) is 0 Å². The summed E-state index contributed by atoms with van der Waals surface area (Å²) in [6, 6.07) is 17.2. The number of carbonyl (C=O) groups excluding carboxylic acids is 1. The van der Waals surface area contributed by atoms with Gasteiger partial charge in [0.1, 0.15) is 23.0 Å². The van der Waals surface area contributed by atoms with Gasteiger partial charge in [0, 0.05) is 12.0 Å². The first kappa shape index (κ1) is 23.7. The van der Waals surface area contributed by atoms with Crippen molar-refractivity contribution in [3.8, 4) is 17.2 Å². The molecule has 0 radical (unpaired) electrons. The largest absolute Gasteiger partial charge is 0.497 e. The molecule has 0 aliphatic carbocycles. The van der Waals surface area contributed by atoms with E-state index in [1.807, 2.05) is 37.3 Å². The third kappa shape index (κ3) is 6.79. The van der Waals surface area contributed by atoms with Crippen LogP contribution in [0.5, 0.6) is 5.75 Å². The number of sulfone groups is 1. The van der Waals surface area contributed by atoms with Crippen molar-refractivity contribution in [3.05, 3.63) is 71.6 Å². The van der Waals surface area contributed by atoms with Crippen LogP contribution < -0.4 is 4.74 Å². The first-order chi connectivity index (χ1) is 15.3. The quantitative estimate of drug-likeness (QED) is 0.413. The van der Waals surface area contributed by atoms with Crippen molar-refractivity contribution >= 4 is 15.6 Å². The molecule has 0 amide bonds. The van der Waals surface area contributed by atoms with Gasteiger partial charge in [-0.2, -0.15) is 0 Å². The number of carbonyl (C=O) groups is 1. The van der Waals surface area contributed by atoms with Crippen molar-refractivity contribution in [1.29, 1.82) is 0 Å². The van der Waals surface area contributed by atoms with E-state index in [0.717, 1.165) is 12.8 Å². The minimum absolute atomic E-state index is 0.117. The highest BCUT2D eigenvalue weighted by molar-refractivity contribution is 7.91. The second kappa shape index (κ2) is 10.6. The average Bonchev–Trinajstić information content (AvgIpc) is 3.12. The van der Waals surface area contributed by atoms with Gasteiger partial charge in [0.05, 0.1) is 18.6 Å². The third-order valence-corrected chi connectivity index (χ3v) is 6.77. The molecule has 3 rings (SSSR count). The highest BCUT2D eigenvalue weighted by Crippen LogP contribution is 2.26. The number of methoxy groups -OCH3 is 1. The summed E-state index contributed by atoms with van der Waals surface area (Å²) in [5.74, 6) is 0.452. The van der Waals surface area contributed by atoms with E-state index in [1.165, 1.54) is 5.56 Å². The zero-order chi connectivity index (χ0) is 23.1. The van der Waals surface area contributed by atoms with Gasteiger partial charge >= 0.3 is 0 Å². The number of Topliss-reactive ketones (excluding diaryl/α,β-unsaturated/α-hetero) is 1. The molecule has 1 aromatic heterocycles. The fourth-order valence-electron chi connectivity index (χ4n) is 3.55. The van der Waals surface area contributed by atoms with Crippen molar-refractivity contribution in [2.45, 2.75) is 38.9 Å². The first-order valence-corrected chi connectivity index (χ1v) is 12.4. The van der Waals surface area contributed by atoms with Crippen molar-refractivity contribution < 1.29 is 22.4 Å². The minimum atomic E-state index is -3.65. The molecule has 32 heavy (non-hydrogen) atoms. The van der Waals surface area contributed by atoms with Gasteiger partial charge in [0.25, 0.3) is 0 Å². The molecule has 0 aliphatic rings. The number of aryl methyl sites for hydroxylation is 2. The number of ketones is 1. The fourth-order valence-corrected chi connectivity index (χ4v) is 4.95. The topological polar surface area (TPSA) is 86.5 Å². The van der Waals surface area contributed by atoms with Crippen molar-refractivity contribution in [2.75, 3.05) is 12.9 Å².